The summed E-state index contributed by atoms with van der Waals surface area (Å²) in [5, 5.41) is 10.8. The molecule has 0 aliphatic heterocycles. The van der Waals surface area contributed by atoms with E-state index in [0.29, 0.717) is 6.42 Å². The first-order valence-electron chi connectivity index (χ1n) is 9.40. The third-order valence-electron chi connectivity index (χ3n) is 3.37. The summed E-state index contributed by atoms with van der Waals surface area (Å²) in [6, 6.07) is 0. The van der Waals surface area contributed by atoms with Crippen LogP contribution in [0.4, 0.5) is 0 Å². The highest BCUT2D eigenvalue weighted by Gasteiger charge is 2.02. The van der Waals surface area contributed by atoms with Gasteiger partial charge in [-0.2, -0.15) is 0 Å². The van der Waals surface area contributed by atoms with Crippen LogP contribution in [0.1, 0.15) is 58.3 Å². The van der Waals surface area contributed by atoms with Gasteiger partial charge in [-0.1, -0.05) is 67.7 Å². The lowest BCUT2D eigenvalue weighted by Gasteiger charge is -2.00. The fourth-order valence-corrected chi connectivity index (χ4v) is 2.01. The molecule has 4 nitrogen and oxygen atoms in total. The second-order valence-electron chi connectivity index (χ2n) is 5.77. The second-order valence-corrected chi connectivity index (χ2v) is 5.77. The van der Waals surface area contributed by atoms with Crippen LogP contribution in [0.3, 0.4) is 0 Å². The molecule has 4 heteroatoms. The Labute approximate surface area is 158 Å². The van der Waals surface area contributed by atoms with Crippen molar-refractivity contribution in [2.75, 3.05) is 6.54 Å². The molecule has 0 atom stereocenters. The number of carboxylic acids is 1. The van der Waals surface area contributed by atoms with Gasteiger partial charge < -0.3 is 10.4 Å². The van der Waals surface area contributed by atoms with Crippen LogP contribution in [0.5, 0.6) is 0 Å². The minimum atomic E-state index is -1.02. The van der Waals surface area contributed by atoms with Gasteiger partial charge in [0.2, 0.25) is 5.91 Å². The molecule has 0 radical (unpaired) electrons. The first-order chi connectivity index (χ1) is 12.7. The van der Waals surface area contributed by atoms with Gasteiger partial charge in [-0.05, 0) is 44.9 Å². The van der Waals surface area contributed by atoms with Crippen LogP contribution in [0, 0.1) is 0 Å². The van der Waals surface area contributed by atoms with Gasteiger partial charge in [-0.25, -0.2) is 0 Å². The van der Waals surface area contributed by atoms with E-state index in [-0.39, 0.29) is 12.5 Å². The molecule has 26 heavy (non-hydrogen) atoms. The van der Waals surface area contributed by atoms with Crippen LogP contribution < -0.4 is 5.32 Å². The van der Waals surface area contributed by atoms with E-state index in [1.165, 1.54) is 0 Å². The minimum absolute atomic E-state index is 0.209. The molecule has 2 N–H and O–H groups in total. The summed E-state index contributed by atoms with van der Waals surface area (Å²) in [5.41, 5.74) is 0. The van der Waals surface area contributed by atoms with E-state index in [2.05, 4.69) is 73.0 Å². The fraction of sp³-hybridized carbons (Fsp3) is 0.455. The van der Waals surface area contributed by atoms with Crippen molar-refractivity contribution in [1.82, 2.24) is 5.32 Å². The Morgan fingerprint density at radius 2 is 1.23 bits per heavy atom. The Bertz CT molecular complexity index is 513. The zero-order valence-corrected chi connectivity index (χ0v) is 15.9. The molecule has 0 saturated heterocycles. The standard InChI is InChI=1S/C22H33NO3/c1-2-3-4-5-6-7-8-9-10-11-12-13-14-15-16-17-18-19-21(24)23-20-22(25)26/h3-4,6-7,9-10,12-13,15-16H,2,5,8,11,14,17-20H2,1H3,(H,23,24)(H,25,26). The van der Waals surface area contributed by atoms with Crippen molar-refractivity contribution < 1.29 is 14.7 Å². The van der Waals surface area contributed by atoms with E-state index < -0.39 is 5.97 Å². The van der Waals surface area contributed by atoms with Crippen LogP contribution in [0.15, 0.2) is 60.8 Å². The Kier molecular flexibility index (Phi) is 17.2. The smallest absolute Gasteiger partial charge is 0.322 e. The predicted octanol–water partition coefficient (Wildman–Crippen LogP) is 5.11. The van der Waals surface area contributed by atoms with E-state index >= 15 is 0 Å². The summed E-state index contributed by atoms with van der Waals surface area (Å²) in [5.74, 6) is -1.23. The summed E-state index contributed by atoms with van der Waals surface area (Å²) in [7, 11) is 0. The summed E-state index contributed by atoms with van der Waals surface area (Å²) in [6.45, 7) is 1.83. The molecule has 144 valence electrons. The zero-order valence-electron chi connectivity index (χ0n) is 15.9. The first-order valence-corrected chi connectivity index (χ1v) is 9.40. The van der Waals surface area contributed by atoms with Gasteiger partial charge in [0.15, 0.2) is 0 Å². The minimum Gasteiger partial charge on any atom is -0.480 e. The topological polar surface area (TPSA) is 66.4 Å². The van der Waals surface area contributed by atoms with Crippen LogP contribution in [-0.4, -0.2) is 23.5 Å². The van der Waals surface area contributed by atoms with Crippen LogP contribution >= 0.6 is 0 Å². The highest BCUT2D eigenvalue weighted by molar-refractivity contribution is 5.80. The number of nitrogens with one attached hydrogen (secondary N) is 1. The SMILES string of the molecule is CCC=CCC=CCC=CCC=CCC=CCCCC(=O)NCC(=O)O. The third-order valence-corrected chi connectivity index (χ3v) is 3.37. The number of hydrogen-bond donors (Lipinski definition) is 2. The first kappa shape index (κ1) is 23.6. The Morgan fingerprint density at radius 1 is 0.769 bits per heavy atom. The van der Waals surface area contributed by atoms with E-state index in [4.69, 9.17) is 5.11 Å². The number of amides is 1. The largest absolute Gasteiger partial charge is 0.480 e. The van der Waals surface area contributed by atoms with Crippen molar-refractivity contribution in [3.05, 3.63) is 60.8 Å². The molecule has 0 aromatic rings. The maximum absolute atomic E-state index is 11.3. The van der Waals surface area contributed by atoms with Crippen molar-refractivity contribution >= 4 is 11.9 Å². The van der Waals surface area contributed by atoms with E-state index in [1.54, 1.807) is 0 Å². The van der Waals surface area contributed by atoms with Crippen molar-refractivity contribution in [3.63, 3.8) is 0 Å². The number of hydrogen-bond acceptors (Lipinski definition) is 2. The van der Waals surface area contributed by atoms with Gasteiger partial charge in [0.1, 0.15) is 6.54 Å². The average molecular weight is 360 g/mol. The number of carbonyl (C=O) groups excluding carboxylic acids is 1. The summed E-state index contributed by atoms with van der Waals surface area (Å²) in [6.07, 6.45) is 28.4. The molecule has 0 heterocycles. The van der Waals surface area contributed by atoms with Gasteiger partial charge >= 0.3 is 5.97 Å². The monoisotopic (exact) mass is 359 g/mol. The summed E-state index contributed by atoms with van der Waals surface area (Å²) in [4.78, 5) is 21.6. The van der Waals surface area contributed by atoms with Crippen molar-refractivity contribution in [3.8, 4) is 0 Å². The van der Waals surface area contributed by atoms with Crippen LogP contribution in [0.25, 0.3) is 0 Å². The highest BCUT2D eigenvalue weighted by atomic mass is 16.4. The average Bonchev–Trinajstić information content (AvgIpc) is 2.62. The normalized spacial score (nSPS) is 12.3. The molecule has 1 amide bonds. The highest BCUT2D eigenvalue weighted by Crippen LogP contribution is 1.99. The molecule has 0 bridgehead atoms. The Balaban J connectivity index is 3.53. The molecular weight excluding hydrogens is 326 g/mol. The predicted molar refractivity (Wildman–Crippen MR) is 109 cm³/mol. The number of carbonyl (C=O) groups is 2. The molecule has 0 aromatic heterocycles. The van der Waals surface area contributed by atoms with E-state index in [9.17, 15) is 9.59 Å². The van der Waals surface area contributed by atoms with Gasteiger partial charge in [0.25, 0.3) is 0 Å². The lowest BCUT2D eigenvalue weighted by Crippen LogP contribution is -2.28. The molecule has 0 saturated carbocycles. The molecule has 0 aromatic carbocycles. The van der Waals surface area contributed by atoms with Gasteiger partial charge in [-0.3, -0.25) is 9.59 Å². The quantitative estimate of drug-likeness (QED) is 0.315. The second kappa shape index (κ2) is 19.0. The van der Waals surface area contributed by atoms with Crippen molar-refractivity contribution in [2.24, 2.45) is 0 Å². The van der Waals surface area contributed by atoms with Gasteiger partial charge in [0, 0.05) is 6.42 Å². The molecular formula is C22H33NO3. The molecule has 0 fully saturated rings. The summed E-state index contributed by atoms with van der Waals surface area (Å²) >= 11 is 0. The number of unbranched alkanes of at least 4 members (excludes halogenated alkanes) is 1. The van der Waals surface area contributed by atoms with E-state index in [1.807, 2.05) is 0 Å². The van der Waals surface area contributed by atoms with E-state index in [0.717, 1.165) is 44.9 Å². The lowest BCUT2D eigenvalue weighted by molar-refractivity contribution is -0.137. The number of allylic oxidation sites excluding steroid dienone is 10. The molecule has 0 spiro atoms. The van der Waals surface area contributed by atoms with Crippen molar-refractivity contribution in [1.29, 1.82) is 0 Å². The maximum atomic E-state index is 11.3. The van der Waals surface area contributed by atoms with Crippen molar-refractivity contribution in [2.45, 2.75) is 58.3 Å². The number of rotatable bonds is 15. The Morgan fingerprint density at radius 3 is 1.69 bits per heavy atom. The van der Waals surface area contributed by atoms with Crippen LogP contribution in [0.2, 0.25) is 0 Å². The zero-order chi connectivity index (χ0) is 19.3. The van der Waals surface area contributed by atoms with Gasteiger partial charge in [-0.15, -0.1) is 0 Å². The van der Waals surface area contributed by atoms with Crippen LogP contribution in [-0.2, 0) is 9.59 Å². The fourth-order valence-electron chi connectivity index (χ4n) is 2.01. The van der Waals surface area contributed by atoms with Gasteiger partial charge in [0.05, 0.1) is 0 Å². The lowest BCUT2D eigenvalue weighted by atomic mass is 10.2. The molecule has 0 aliphatic carbocycles. The third kappa shape index (κ3) is 19.7. The Hall–Kier alpha value is -2.36. The maximum Gasteiger partial charge on any atom is 0.322 e. The molecule has 0 unspecified atom stereocenters. The number of carboxylic acid groups (broad SMARTS) is 1. The molecule has 0 aliphatic rings. The summed E-state index contributed by atoms with van der Waals surface area (Å²) < 4.78 is 0. The number of aliphatic carboxylic acids is 1. The molecule has 0 rings (SSSR count).